The molecule has 5 saturated heterocycles. The van der Waals surface area contributed by atoms with E-state index < -0.39 is 266 Å². The molecule has 0 aliphatic carbocycles. The van der Waals surface area contributed by atoms with E-state index in [9.17, 15) is 140 Å². The Morgan fingerprint density at radius 3 is 1.14 bits per heavy atom. The minimum absolute atomic E-state index is 0.0151. The van der Waals surface area contributed by atoms with Gasteiger partial charge in [0, 0.05) is 69.5 Å². The number of aliphatic hydroxyl groups excluding tert-OH is 22. The predicted octanol–water partition coefficient (Wildman–Crippen LogP) is -12.4. The molecule has 0 bridgehead atoms. The third-order valence-electron chi connectivity index (χ3n) is 19.4. The van der Waals surface area contributed by atoms with E-state index in [1.165, 1.54) is 12.2 Å². The van der Waals surface area contributed by atoms with Gasteiger partial charge in [0.2, 0.25) is 0 Å². The number of nitrogens with zero attached hydrogens (tertiary/aromatic N) is 3. The van der Waals surface area contributed by atoms with Crippen LogP contribution in [0.3, 0.4) is 0 Å². The molecule has 24 N–H and O–H groups in total. The van der Waals surface area contributed by atoms with Gasteiger partial charge in [0.1, 0.15) is 140 Å². The average Bonchev–Trinajstić information content (AvgIpc) is 1.12. The van der Waals surface area contributed by atoms with Gasteiger partial charge in [0.25, 0.3) is 35.4 Å². The molecule has 0 spiro atoms. The number of Topliss-reactive ketones (excluding diaryl/α,β-unsaturated/α-hetero) is 1. The number of carbonyl (C=O) groups excluding carboxylic acids is 8. The van der Waals surface area contributed by atoms with E-state index >= 15 is 0 Å². The van der Waals surface area contributed by atoms with Crippen LogP contribution in [0, 0.1) is 0 Å². The zero-order valence-electron chi connectivity index (χ0n) is 62.5. The number of nitrogens with two attached hydrogens (primary N) is 1. The van der Waals surface area contributed by atoms with Crippen molar-refractivity contribution in [3.05, 3.63) is 24.3 Å². The smallest absolute Gasteiger partial charge is 0.333 e. The van der Waals surface area contributed by atoms with Crippen molar-refractivity contribution in [2.24, 2.45) is 5.73 Å². The summed E-state index contributed by atoms with van der Waals surface area (Å²) in [6, 6.07) is 0. The van der Waals surface area contributed by atoms with Crippen LogP contribution in [-0.4, -0.2) is 432 Å². The maximum atomic E-state index is 12.2. The van der Waals surface area contributed by atoms with Gasteiger partial charge < -0.3 is 170 Å². The van der Waals surface area contributed by atoms with Gasteiger partial charge in [-0.05, 0) is 45.1 Å². The van der Waals surface area contributed by atoms with Crippen molar-refractivity contribution < 1.29 is 203 Å². The zero-order chi connectivity index (χ0) is 84.6. The second kappa shape index (κ2) is 50.6. The summed E-state index contributed by atoms with van der Waals surface area (Å²) in [5.41, 5.74) is 5.44. The Balaban J connectivity index is 0.000000334. The van der Waals surface area contributed by atoms with E-state index in [0.717, 1.165) is 22.0 Å². The molecule has 0 aromatic rings. The number of carbonyl (C=O) groups is 8. The van der Waals surface area contributed by atoms with E-state index in [1.807, 2.05) is 0 Å². The molecule has 6 amide bonds. The maximum absolute atomic E-state index is 12.2. The number of aliphatic hydroxyl groups is 22. The lowest BCUT2D eigenvalue weighted by Gasteiger charge is -2.47. The molecule has 28 atom stereocenters. The Labute approximate surface area is 653 Å². The second-order valence-electron chi connectivity index (χ2n) is 27.7. The molecule has 5 fully saturated rings. The Bertz CT molecular complexity index is 2930. The van der Waals surface area contributed by atoms with Crippen molar-refractivity contribution >= 4 is 47.2 Å². The van der Waals surface area contributed by atoms with E-state index in [4.69, 9.17) is 63.3 Å². The normalized spacial score (nSPS) is 32.0. The van der Waals surface area contributed by atoms with Crippen LogP contribution in [0.25, 0.3) is 0 Å². The summed E-state index contributed by atoms with van der Waals surface area (Å²) in [6.45, 7) is -5.88. The highest BCUT2D eigenvalue weighted by Crippen LogP contribution is 2.35. The number of ether oxygens (including phenoxy) is 10. The number of hydroxylamine groups is 2. The lowest BCUT2D eigenvalue weighted by molar-refractivity contribution is -0.370. The Morgan fingerprint density at radius 2 is 0.772 bits per heavy atom. The summed E-state index contributed by atoms with van der Waals surface area (Å²) in [5.74, 6) is -3.50. The first-order valence-corrected chi connectivity index (χ1v) is 37.6. The monoisotopic (exact) mass is 1650 g/mol. The molecule has 0 aromatic heterocycles. The molecule has 45 heteroatoms. The minimum Gasteiger partial charge on any atom is -0.394 e. The molecular weight excluding hydrogens is 1540 g/mol. The minimum atomic E-state index is -1.99. The zero-order valence-corrected chi connectivity index (χ0v) is 62.5. The largest absolute Gasteiger partial charge is 0.394 e. The van der Waals surface area contributed by atoms with Crippen LogP contribution < -0.4 is 5.73 Å². The highest BCUT2D eigenvalue weighted by Gasteiger charge is 2.55. The van der Waals surface area contributed by atoms with Crippen molar-refractivity contribution in [2.45, 2.75) is 274 Å². The summed E-state index contributed by atoms with van der Waals surface area (Å²) in [5, 5.41) is 225. The van der Waals surface area contributed by atoms with Crippen molar-refractivity contribution in [2.75, 3.05) is 85.7 Å². The van der Waals surface area contributed by atoms with E-state index in [-0.39, 0.29) is 77.0 Å². The lowest BCUT2D eigenvalue weighted by Crippen LogP contribution is -2.65. The summed E-state index contributed by atoms with van der Waals surface area (Å²) < 4.78 is 55.3. The molecule has 114 heavy (non-hydrogen) atoms. The number of imide groups is 3. The highest BCUT2D eigenvalue weighted by molar-refractivity contribution is 6.13. The van der Waals surface area contributed by atoms with Crippen LogP contribution in [0.4, 0.5) is 0 Å². The molecule has 656 valence electrons. The standard InChI is InChI=1S/C33H55NO19.C24H47NO16.C12H12N2O6/c35-12-13-49-31-26(46)25(45)20(15-37)50-33(31)53-30-21(16-38)51-32(28(48)27(30)47)52-29(19(41)14-36)24(44)18(40)8-4-2-1-3-6-17(39)7-5-11-34-22(42)9-10-23(34)43;25-5-3-1-2-4-11(30)15(32)20(12(31)8-27)40-23-19(36)18(35)21(14(10-29)39-23)41-24-22(37-7-6-26)17(34)16(33)13(9-28)38-24;15-8-3-4-9(16)13(8)7-1-2-12(19)20-14-10(17)5-6-11(14)18/h9-10,18-21,24-33,35-38,40-41,44-48H,1-8,11-16H2;11-24,26-36H,1-10,25H2;3-4H,1-2,5-7H2/t18-,19+,20+,21+,24+,25+,26-,27+,28+,29+,30+,31+,32+,33+;11-,12+,13+,14+,15+,16+,17-,18+,19+,20+,21+,22+,23+,24+;/m00./s1. The van der Waals surface area contributed by atoms with Gasteiger partial charge in [0.05, 0.1) is 78.3 Å². The van der Waals surface area contributed by atoms with Crippen molar-refractivity contribution in [3.63, 3.8) is 0 Å². The molecule has 0 saturated carbocycles. The first-order chi connectivity index (χ1) is 54.3. The van der Waals surface area contributed by atoms with Crippen LogP contribution in [0.5, 0.6) is 0 Å². The van der Waals surface area contributed by atoms with Crippen molar-refractivity contribution in [1.29, 1.82) is 0 Å². The molecule has 0 aromatic carbocycles. The number of hydrogen-bond acceptors (Lipinski definition) is 42. The molecule has 0 radical (unpaired) electrons. The molecule has 7 heterocycles. The first kappa shape index (κ1) is 99.3. The third kappa shape index (κ3) is 28.5. The van der Waals surface area contributed by atoms with Gasteiger partial charge in [0.15, 0.2) is 25.2 Å². The second-order valence-corrected chi connectivity index (χ2v) is 27.7. The summed E-state index contributed by atoms with van der Waals surface area (Å²) in [4.78, 5) is 98.4. The number of ketones is 1. The third-order valence-corrected chi connectivity index (χ3v) is 19.4. The van der Waals surface area contributed by atoms with Crippen LogP contribution in [0.1, 0.15) is 103 Å². The molecule has 45 nitrogen and oxygen atoms in total. The van der Waals surface area contributed by atoms with Gasteiger partial charge in [-0.3, -0.25) is 43.4 Å². The SMILES string of the molecule is NCCCCC[C@H](O)[C@@H](O)[C@H](O[C@H]1O[C@H](CO)[C@@H](O[C@H]2O[C@H](CO)[C@@H](O)[C@H](O)[C@H]2OCCO)[C@H](O)[C@H]1O)[C@H](O)CO.O=C(CCCCCC[C@H](O)[C@@H](O)[C@H](O[C@H]1O[C@H](CO)[C@@H](O[C@H]2O[C@H](CO)[C@@H](O)[C@H](O)[C@H]2OCCO)[C@H](O)[C@H]1O)[C@H](O)CO)CCCN1C(=O)C=CC1=O.O=C(CCCN1C(=O)C=CC1=O)ON1C(=O)CCC1=O. The highest BCUT2D eigenvalue weighted by atomic mass is 16.8. The van der Waals surface area contributed by atoms with E-state index in [1.54, 1.807) is 0 Å². The van der Waals surface area contributed by atoms with Crippen LogP contribution in [0.2, 0.25) is 0 Å². The maximum Gasteiger partial charge on any atom is 0.333 e. The van der Waals surface area contributed by atoms with Crippen molar-refractivity contribution in [3.8, 4) is 0 Å². The predicted molar refractivity (Wildman–Crippen MR) is 372 cm³/mol. The number of hydrogen-bond donors (Lipinski definition) is 23. The molecule has 0 unspecified atom stereocenters. The lowest BCUT2D eigenvalue weighted by atomic mass is 9.96. The molecule has 7 aliphatic rings. The summed E-state index contributed by atoms with van der Waals surface area (Å²) >= 11 is 0. The van der Waals surface area contributed by atoms with Crippen LogP contribution in [-0.2, 0) is 90.6 Å². The molecule has 7 aliphatic heterocycles. The fraction of sp³-hybridized carbons (Fsp3) is 0.826. The topological polar surface area (TPSA) is 719 Å². The fourth-order valence-corrected chi connectivity index (χ4v) is 12.9. The Hall–Kier alpha value is -5.28. The quantitative estimate of drug-likeness (QED) is 0.0199. The fourth-order valence-electron chi connectivity index (χ4n) is 12.9. The van der Waals surface area contributed by atoms with Crippen LogP contribution >= 0.6 is 0 Å². The molecular formula is C69H114N4O41. The Morgan fingerprint density at radius 1 is 0.421 bits per heavy atom. The first-order valence-electron chi connectivity index (χ1n) is 37.6. The summed E-state index contributed by atoms with van der Waals surface area (Å²) in [6.07, 6.45) is -36.4. The van der Waals surface area contributed by atoms with Gasteiger partial charge in [-0.25, -0.2) is 4.79 Å². The van der Waals surface area contributed by atoms with Gasteiger partial charge in [-0.1, -0.05) is 32.1 Å². The van der Waals surface area contributed by atoms with Gasteiger partial charge in [-0.15, -0.1) is 5.06 Å². The van der Waals surface area contributed by atoms with Gasteiger partial charge >= 0.3 is 5.97 Å². The van der Waals surface area contributed by atoms with Gasteiger partial charge in [-0.2, -0.15) is 0 Å². The van der Waals surface area contributed by atoms with E-state index in [2.05, 4.69) is 4.84 Å². The van der Waals surface area contributed by atoms with Crippen LogP contribution in [0.15, 0.2) is 24.3 Å². The average molecular weight is 1660 g/mol. The summed E-state index contributed by atoms with van der Waals surface area (Å²) in [7, 11) is 0. The number of unbranched alkanes of at least 4 members (excludes halogenated alkanes) is 5. The Kier molecular flexibility index (Phi) is 44.1. The van der Waals surface area contributed by atoms with Crippen molar-refractivity contribution in [1.82, 2.24) is 14.9 Å². The molecule has 7 rings (SSSR count). The van der Waals surface area contributed by atoms with E-state index in [0.29, 0.717) is 69.4 Å². The number of amides is 6. The number of rotatable bonds is 47.